The first-order valence-electron chi connectivity index (χ1n) is 7.27. The van der Waals surface area contributed by atoms with Crippen LogP contribution >= 0.6 is 0 Å². The number of piperidine rings is 1. The molecule has 0 unspecified atom stereocenters. The molecule has 1 rings (SSSR count). The molecule has 0 radical (unpaired) electrons. The van der Waals surface area contributed by atoms with Crippen LogP contribution < -0.4 is 5.32 Å². The van der Waals surface area contributed by atoms with Crippen LogP contribution in [0.15, 0.2) is 0 Å². The predicted molar refractivity (Wildman–Crippen MR) is 76.4 cm³/mol. The molecule has 4 heteroatoms. The molecule has 1 amide bonds. The van der Waals surface area contributed by atoms with Gasteiger partial charge in [-0.3, -0.25) is 9.69 Å². The molecule has 0 spiro atoms. The Bertz CT molecular complexity index is 353. The molecule has 0 aromatic rings. The average molecular weight is 265 g/mol. The predicted octanol–water partition coefficient (Wildman–Crippen LogP) is 2.16. The number of amides is 1. The first kappa shape index (κ1) is 16.0. The highest BCUT2D eigenvalue weighted by atomic mass is 16.2. The highest BCUT2D eigenvalue weighted by Crippen LogP contribution is 2.20. The summed E-state index contributed by atoms with van der Waals surface area (Å²) in [5.74, 6) is 0.814. The third kappa shape index (κ3) is 3.94. The average Bonchev–Trinajstić information content (AvgIpc) is 2.38. The van der Waals surface area contributed by atoms with E-state index >= 15 is 0 Å². The molecule has 1 N–H and O–H groups in total. The van der Waals surface area contributed by atoms with Gasteiger partial charge in [0.2, 0.25) is 5.91 Å². The van der Waals surface area contributed by atoms with Crippen LogP contribution in [0, 0.1) is 23.2 Å². The molecule has 19 heavy (non-hydrogen) atoms. The lowest BCUT2D eigenvalue weighted by atomic mass is 9.89. The molecular formula is C15H27N3O. The van der Waals surface area contributed by atoms with E-state index in [4.69, 9.17) is 0 Å². The van der Waals surface area contributed by atoms with Crippen LogP contribution in [0.4, 0.5) is 0 Å². The van der Waals surface area contributed by atoms with Gasteiger partial charge in [0.05, 0.1) is 12.1 Å². The minimum absolute atomic E-state index is 0.0349. The molecular weight excluding hydrogens is 238 g/mol. The van der Waals surface area contributed by atoms with Crippen LogP contribution in [0.2, 0.25) is 0 Å². The lowest BCUT2D eigenvalue weighted by Gasteiger charge is -2.36. The van der Waals surface area contributed by atoms with E-state index in [9.17, 15) is 10.1 Å². The van der Waals surface area contributed by atoms with E-state index in [2.05, 4.69) is 23.2 Å². The first-order valence-corrected chi connectivity index (χ1v) is 7.27. The van der Waals surface area contributed by atoms with E-state index in [1.165, 1.54) is 0 Å². The van der Waals surface area contributed by atoms with Gasteiger partial charge in [0.1, 0.15) is 5.54 Å². The standard InChI is InChI=1S/C15H27N3O/c1-11(2)15(5,10-16)17-14(19)13(4)18-8-6-12(3)7-9-18/h11-13H,6-9H2,1-5H3,(H,17,19)/t13-,15+/m0/s1. The molecule has 0 aromatic heterocycles. The second kappa shape index (κ2) is 6.38. The van der Waals surface area contributed by atoms with Crippen LogP contribution in [-0.2, 0) is 4.79 Å². The van der Waals surface area contributed by atoms with Gasteiger partial charge in [-0.2, -0.15) is 5.26 Å². The van der Waals surface area contributed by atoms with Gasteiger partial charge in [0.15, 0.2) is 0 Å². The Balaban J connectivity index is 2.60. The van der Waals surface area contributed by atoms with Crippen molar-refractivity contribution in [2.75, 3.05) is 13.1 Å². The van der Waals surface area contributed by atoms with Crippen molar-refractivity contribution in [3.8, 4) is 6.07 Å². The van der Waals surface area contributed by atoms with Crippen LogP contribution in [0.5, 0.6) is 0 Å². The molecule has 1 fully saturated rings. The van der Waals surface area contributed by atoms with Crippen molar-refractivity contribution in [3.63, 3.8) is 0 Å². The Morgan fingerprint density at radius 3 is 2.32 bits per heavy atom. The van der Waals surface area contributed by atoms with Gasteiger partial charge < -0.3 is 5.32 Å². The summed E-state index contributed by atoms with van der Waals surface area (Å²) in [6.07, 6.45) is 2.30. The van der Waals surface area contributed by atoms with Crippen molar-refractivity contribution in [2.24, 2.45) is 11.8 Å². The lowest BCUT2D eigenvalue weighted by molar-refractivity contribution is -0.128. The van der Waals surface area contributed by atoms with Crippen molar-refractivity contribution in [1.29, 1.82) is 5.26 Å². The summed E-state index contributed by atoms with van der Waals surface area (Å²) in [4.78, 5) is 14.5. The molecule has 1 heterocycles. The maximum absolute atomic E-state index is 12.3. The van der Waals surface area contributed by atoms with Crippen molar-refractivity contribution in [2.45, 2.75) is 59.0 Å². The number of hydrogen-bond acceptors (Lipinski definition) is 3. The van der Waals surface area contributed by atoms with Gasteiger partial charge in [0.25, 0.3) is 0 Å². The van der Waals surface area contributed by atoms with Gasteiger partial charge in [0, 0.05) is 0 Å². The van der Waals surface area contributed by atoms with Crippen LogP contribution in [0.1, 0.15) is 47.5 Å². The minimum atomic E-state index is -0.783. The summed E-state index contributed by atoms with van der Waals surface area (Å²) in [6.45, 7) is 11.8. The second-order valence-corrected chi connectivity index (χ2v) is 6.35. The molecule has 0 bridgehead atoms. The van der Waals surface area contributed by atoms with E-state index < -0.39 is 5.54 Å². The largest absolute Gasteiger partial charge is 0.336 e. The number of nitrogens with zero attached hydrogens (tertiary/aromatic N) is 2. The number of rotatable bonds is 4. The van der Waals surface area contributed by atoms with Gasteiger partial charge in [-0.1, -0.05) is 20.8 Å². The normalized spacial score (nSPS) is 22.6. The van der Waals surface area contributed by atoms with Crippen molar-refractivity contribution >= 4 is 5.91 Å². The van der Waals surface area contributed by atoms with Gasteiger partial charge in [-0.25, -0.2) is 0 Å². The number of nitrogens with one attached hydrogen (secondary N) is 1. The zero-order valence-corrected chi connectivity index (χ0v) is 12.9. The Kier molecular flexibility index (Phi) is 5.37. The summed E-state index contributed by atoms with van der Waals surface area (Å²) in [5, 5.41) is 12.2. The Labute approximate surface area is 117 Å². The third-order valence-electron chi connectivity index (χ3n) is 4.52. The fourth-order valence-electron chi connectivity index (χ4n) is 2.24. The maximum Gasteiger partial charge on any atom is 0.238 e. The van der Waals surface area contributed by atoms with Crippen molar-refractivity contribution < 1.29 is 4.79 Å². The molecule has 0 saturated carbocycles. The molecule has 0 aromatic carbocycles. The van der Waals surface area contributed by atoms with Gasteiger partial charge >= 0.3 is 0 Å². The summed E-state index contributed by atoms with van der Waals surface area (Å²) >= 11 is 0. The van der Waals surface area contributed by atoms with E-state index in [0.717, 1.165) is 31.8 Å². The fourth-order valence-corrected chi connectivity index (χ4v) is 2.24. The zero-order valence-electron chi connectivity index (χ0n) is 12.9. The van der Waals surface area contributed by atoms with Gasteiger partial charge in [-0.15, -0.1) is 0 Å². The van der Waals surface area contributed by atoms with Gasteiger partial charge in [-0.05, 0) is 51.6 Å². The number of likely N-dealkylation sites (tertiary alicyclic amines) is 1. The summed E-state index contributed by atoms with van der Waals surface area (Å²) in [5.41, 5.74) is -0.783. The third-order valence-corrected chi connectivity index (χ3v) is 4.52. The molecule has 1 saturated heterocycles. The van der Waals surface area contributed by atoms with E-state index in [0.29, 0.717) is 0 Å². The Morgan fingerprint density at radius 2 is 1.89 bits per heavy atom. The lowest BCUT2D eigenvalue weighted by Crippen LogP contribution is -2.56. The van der Waals surface area contributed by atoms with E-state index in [1.54, 1.807) is 6.92 Å². The summed E-state index contributed by atoms with van der Waals surface area (Å²) in [6, 6.07) is 2.07. The minimum Gasteiger partial charge on any atom is -0.336 e. The highest BCUT2D eigenvalue weighted by Gasteiger charge is 2.33. The molecule has 1 aliphatic heterocycles. The number of hydrogen-bond donors (Lipinski definition) is 1. The first-order chi connectivity index (χ1) is 8.80. The van der Waals surface area contributed by atoms with E-state index in [-0.39, 0.29) is 17.9 Å². The second-order valence-electron chi connectivity index (χ2n) is 6.35. The monoisotopic (exact) mass is 265 g/mol. The SMILES string of the molecule is CC1CCN([C@@H](C)C(=O)N[C@](C)(C#N)C(C)C)CC1. The summed E-state index contributed by atoms with van der Waals surface area (Å²) in [7, 11) is 0. The Hall–Kier alpha value is -1.08. The highest BCUT2D eigenvalue weighted by molar-refractivity contribution is 5.82. The molecule has 2 atom stereocenters. The molecule has 4 nitrogen and oxygen atoms in total. The zero-order chi connectivity index (χ0) is 14.6. The summed E-state index contributed by atoms with van der Waals surface area (Å²) < 4.78 is 0. The maximum atomic E-state index is 12.3. The number of nitriles is 1. The van der Waals surface area contributed by atoms with Crippen molar-refractivity contribution in [3.05, 3.63) is 0 Å². The number of carbonyl (C=O) groups is 1. The fraction of sp³-hybridized carbons (Fsp3) is 0.867. The molecule has 1 aliphatic rings. The quantitative estimate of drug-likeness (QED) is 0.847. The number of carbonyl (C=O) groups excluding carboxylic acids is 1. The topological polar surface area (TPSA) is 56.1 Å². The van der Waals surface area contributed by atoms with Crippen molar-refractivity contribution in [1.82, 2.24) is 10.2 Å². The molecule has 0 aliphatic carbocycles. The van der Waals surface area contributed by atoms with Crippen LogP contribution in [0.25, 0.3) is 0 Å². The van der Waals surface area contributed by atoms with Crippen LogP contribution in [0.3, 0.4) is 0 Å². The van der Waals surface area contributed by atoms with E-state index in [1.807, 2.05) is 20.8 Å². The van der Waals surface area contributed by atoms with Crippen LogP contribution in [-0.4, -0.2) is 35.5 Å². The smallest absolute Gasteiger partial charge is 0.238 e. The Morgan fingerprint density at radius 1 is 1.37 bits per heavy atom. The molecule has 108 valence electrons.